The van der Waals surface area contributed by atoms with Crippen LogP contribution in [0.3, 0.4) is 0 Å². The lowest BCUT2D eigenvalue weighted by Gasteiger charge is -2.15. The van der Waals surface area contributed by atoms with Gasteiger partial charge in [0, 0.05) is 16.7 Å². The number of ether oxygens (including phenoxy) is 1. The Labute approximate surface area is 124 Å². The molecule has 106 valence electrons. The van der Waals surface area contributed by atoms with Crippen LogP contribution in [0, 0.1) is 10.8 Å². The van der Waals surface area contributed by atoms with Crippen LogP contribution in [0.15, 0.2) is 72.0 Å². The van der Waals surface area contributed by atoms with Crippen molar-refractivity contribution in [2.45, 2.75) is 0 Å². The largest absolute Gasteiger partial charge is 0.495 e. The summed E-state index contributed by atoms with van der Waals surface area (Å²) in [6, 6.07) is 9.62. The van der Waals surface area contributed by atoms with Crippen LogP contribution in [-0.4, -0.2) is 18.5 Å². The molecule has 0 amide bonds. The molecular formula is C17H17N3O. The number of nitrogens with two attached hydrogens (primary N) is 1. The number of benzene rings is 1. The van der Waals surface area contributed by atoms with Crippen molar-refractivity contribution in [1.82, 2.24) is 0 Å². The number of hydrogen-bond acceptors (Lipinski definition) is 4. The van der Waals surface area contributed by atoms with E-state index >= 15 is 0 Å². The van der Waals surface area contributed by atoms with Crippen molar-refractivity contribution in [3.8, 4) is 0 Å². The Hall–Kier alpha value is -2.88. The quantitative estimate of drug-likeness (QED) is 0.584. The topological polar surface area (TPSA) is 82.9 Å². The average Bonchev–Trinajstić information content (AvgIpc) is 2.51. The van der Waals surface area contributed by atoms with Crippen molar-refractivity contribution >= 4 is 17.2 Å². The minimum atomic E-state index is 0.294. The molecule has 0 saturated heterocycles. The summed E-state index contributed by atoms with van der Waals surface area (Å²) < 4.78 is 5.48. The van der Waals surface area contributed by atoms with Crippen LogP contribution in [0.4, 0.5) is 0 Å². The molecule has 4 N–H and O–H groups in total. The normalized spacial score (nSPS) is 16.8. The summed E-state index contributed by atoms with van der Waals surface area (Å²) >= 11 is 0. The summed E-state index contributed by atoms with van der Waals surface area (Å²) in [5.41, 5.74) is 8.20. The molecule has 2 rings (SSSR count). The van der Waals surface area contributed by atoms with E-state index < -0.39 is 0 Å². The van der Waals surface area contributed by atoms with Gasteiger partial charge in [-0.3, -0.25) is 0 Å². The molecule has 1 aromatic carbocycles. The fourth-order valence-electron chi connectivity index (χ4n) is 2.06. The molecule has 0 aliphatic heterocycles. The molecule has 0 spiro atoms. The molecular weight excluding hydrogens is 262 g/mol. The summed E-state index contributed by atoms with van der Waals surface area (Å²) in [5, 5.41) is 16.0. The first-order chi connectivity index (χ1) is 10.2. The van der Waals surface area contributed by atoms with Crippen molar-refractivity contribution < 1.29 is 4.74 Å². The van der Waals surface area contributed by atoms with Gasteiger partial charge in [0.25, 0.3) is 0 Å². The maximum Gasteiger partial charge on any atom is 0.135 e. The van der Waals surface area contributed by atoms with Crippen LogP contribution in [0.1, 0.15) is 5.56 Å². The number of methoxy groups -OCH3 is 1. The Morgan fingerprint density at radius 2 is 1.90 bits per heavy atom. The smallest absolute Gasteiger partial charge is 0.135 e. The van der Waals surface area contributed by atoms with Crippen LogP contribution in [-0.2, 0) is 4.74 Å². The fourth-order valence-corrected chi connectivity index (χ4v) is 2.06. The molecule has 0 unspecified atom stereocenters. The molecule has 0 saturated carbocycles. The molecule has 0 bridgehead atoms. The van der Waals surface area contributed by atoms with Gasteiger partial charge in [-0.2, -0.15) is 0 Å². The SMILES string of the molecule is CO/C(=C1/C=C(C(=N)/C=C\N)C=CC1=N)c1ccccc1. The van der Waals surface area contributed by atoms with E-state index in [9.17, 15) is 0 Å². The Balaban J connectivity index is 2.53. The molecule has 0 aromatic heterocycles. The first kappa shape index (κ1) is 14.5. The van der Waals surface area contributed by atoms with Gasteiger partial charge in [0.15, 0.2) is 0 Å². The van der Waals surface area contributed by atoms with Gasteiger partial charge in [0.1, 0.15) is 5.76 Å². The molecule has 0 radical (unpaired) electrons. The molecule has 1 aromatic rings. The maximum absolute atomic E-state index is 8.08. The van der Waals surface area contributed by atoms with E-state index in [0.717, 1.165) is 5.56 Å². The minimum Gasteiger partial charge on any atom is -0.495 e. The van der Waals surface area contributed by atoms with Crippen LogP contribution in [0.25, 0.3) is 5.76 Å². The second-order valence-corrected chi connectivity index (χ2v) is 4.43. The number of nitrogens with one attached hydrogen (secondary N) is 2. The zero-order chi connectivity index (χ0) is 15.2. The van der Waals surface area contributed by atoms with Crippen LogP contribution in [0.5, 0.6) is 0 Å². The lowest BCUT2D eigenvalue weighted by molar-refractivity contribution is 0.369. The zero-order valence-electron chi connectivity index (χ0n) is 11.8. The predicted molar refractivity (Wildman–Crippen MR) is 86.4 cm³/mol. The summed E-state index contributed by atoms with van der Waals surface area (Å²) in [4.78, 5) is 0. The first-order valence-electron chi connectivity index (χ1n) is 6.47. The van der Waals surface area contributed by atoms with E-state index in [4.69, 9.17) is 21.3 Å². The van der Waals surface area contributed by atoms with Crippen LogP contribution in [0.2, 0.25) is 0 Å². The highest BCUT2D eigenvalue weighted by Crippen LogP contribution is 2.25. The summed E-state index contributed by atoms with van der Waals surface area (Å²) in [6.45, 7) is 0. The van der Waals surface area contributed by atoms with E-state index in [0.29, 0.717) is 28.3 Å². The molecule has 0 fully saturated rings. The second kappa shape index (κ2) is 6.52. The lowest BCUT2D eigenvalue weighted by atomic mass is 9.94. The molecule has 4 nitrogen and oxygen atoms in total. The van der Waals surface area contributed by atoms with Gasteiger partial charge < -0.3 is 21.3 Å². The van der Waals surface area contributed by atoms with Gasteiger partial charge in [-0.15, -0.1) is 0 Å². The summed E-state index contributed by atoms with van der Waals surface area (Å²) in [7, 11) is 1.58. The predicted octanol–water partition coefficient (Wildman–Crippen LogP) is 3.05. The third-order valence-electron chi connectivity index (χ3n) is 3.08. The highest BCUT2D eigenvalue weighted by molar-refractivity contribution is 6.19. The van der Waals surface area contributed by atoms with E-state index in [1.807, 2.05) is 30.3 Å². The Morgan fingerprint density at radius 1 is 1.19 bits per heavy atom. The first-order valence-corrected chi connectivity index (χ1v) is 6.47. The highest BCUT2D eigenvalue weighted by Gasteiger charge is 2.16. The standard InChI is InChI=1S/C17H17N3O/c1-21-17(12-5-3-2-4-6-12)14-11-13(7-8-16(14)20)15(19)9-10-18/h2-11,19-20H,18H2,1H3/b10-9-,17-14-,19-15?,20-16?. The Bertz CT molecular complexity index is 679. The van der Waals surface area contributed by atoms with Crippen molar-refractivity contribution in [2.75, 3.05) is 7.11 Å². The van der Waals surface area contributed by atoms with Crippen molar-refractivity contribution in [1.29, 1.82) is 10.8 Å². The van der Waals surface area contributed by atoms with Crippen molar-refractivity contribution in [3.63, 3.8) is 0 Å². The minimum absolute atomic E-state index is 0.294. The third kappa shape index (κ3) is 3.17. The van der Waals surface area contributed by atoms with Gasteiger partial charge in [0.05, 0.1) is 18.5 Å². The van der Waals surface area contributed by atoms with Gasteiger partial charge in [-0.25, -0.2) is 0 Å². The molecule has 1 aliphatic carbocycles. The highest BCUT2D eigenvalue weighted by atomic mass is 16.5. The fraction of sp³-hybridized carbons (Fsp3) is 0.0588. The average molecular weight is 279 g/mol. The lowest BCUT2D eigenvalue weighted by Crippen LogP contribution is -2.09. The van der Waals surface area contributed by atoms with E-state index in [-0.39, 0.29) is 0 Å². The van der Waals surface area contributed by atoms with Crippen LogP contribution >= 0.6 is 0 Å². The number of hydrogen-bond donors (Lipinski definition) is 3. The summed E-state index contributed by atoms with van der Waals surface area (Å²) in [6.07, 6.45) is 8.00. The number of allylic oxidation sites excluding steroid dienone is 6. The van der Waals surface area contributed by atoms with Gasteiger partial charge in [-0.05, 0) is 24.4 Å². The van der Waals surface area contributed by atoms with Gasteiger partial charge in [0.2, 0.25) is 0 Å². The zero-order valence-corrected chi connectivity index (χ0v) is 11.8. The monoisotopic (exact) mass is 279 g/mol. The molecule has 21 heavy (non-hydrogen) atoms. The van der Waals surface area contributed by atoms with Gasteiger partial charge >= 0.3 is 0 Å². The van der Waals surface area contributed by atoms with E-state index in [2.05, 4.69) is 0 Å². The van der Waals surface area contributed by atoms with Crippen molar-refractivity contribution in [2.24, 2.45) is 5.73 Å². The van der Waals surface area contributed by atoms with Crippen LogP contribution < -0.4 is 5.73 Å². The summed E-state index contributed by atoms with van der Waals surface area (Å²) in [5.74, 6) is 0.618. The van der Waals surface area contributed by atoms with Gasteiger partial charge in [-0.1, -0.05) is 36.4 Å². The second-order valence-electron chi connectivity index (χ2n) is 4.43. The third-order valence-corrected chi connectivity index (χ3v) is 3.08. The van der Waals surface area contributed by atoms with Crippen molar-refractivity contribution in [3.05, 3.63) is 77.5 Å². The molecule has 0 atom stereocenters. The molecule has 0 heterocycles. The molecule has 1 aliphatic rings. The number of rotatable bonds is 4. The maximum atomic E-state index is 8.08. The Kier molecular flexibility index (Phi) is 4.51. The Morgan fingerprint density at radius 3 is 2.52 bits per heavy atom. The van der Waals surface area contributed by atoms with E-state index in [1.54, 1.807) is 25.3 Å². The van der Waals surface area contributed by atoms with E-state index in [1.165, 1.54) is 12.3 Å². The molecule has 4 heteroatoms.